The van der Waals surface area contributed by atoms with Crippen molar-refractivity contribution in [2.45, 2.75) is 65.1 Å². The van der Waals surface area contributed by atoms with Crippen LogP contribution in [0.25, 0.3) is 33.2 Å². The lowest BCUT2D eigenvalue weighted by molar-refractivity contribution is 0.0955. The van der Waals surface area contributed by atoms with Crippen LogP contribution in [0.5, 0.6) is 0 Å². The second kappa shape index (κ2) is 7.80. The maximum absolute atomic E-state index is 13.6. The van der Waals surface area contributed by atoms with E-state index in [4.69, 9.17) is 19.7 Å². The topological polar surface area (TPSA) is 74.8 Å². The summed E-state index contributed by atoms with van der Waals surface area (Å²) in [6.45, 7) is 6.18. The van der Waals surface area contributed by atoms with Crippen LogP contribution in [0, 0.1) is 6.92 Å². The Labute approximate surface area is 174 Å². The monoisotopic (exact) mass is 405 g/mol. The van der Waals surface area contributed by atoms with Crippen molar-refractivity contribution < 1.29 is 4.74 Å². The van der Waals surface area contributed by atoms with Crippen LogP contribution in [0.2, 0.25) is 0 Å². The van der Waals surface area contributed by atoms with Gasteiger partial charge in [0.25, 0.3) is 5.56 Å². The van der Waals surface area contributed by atoms with Gasteiger partial charge in [-0.2, -0.15) is 0 Å². The first-order valence-corrected chi connectivity index (χ1v) is 10.9. The largest absolute Gasteiger partial charge is 0.376 e. The van der Waals surface area contributed by atoms with Crippen molar-refractivity contribution in [3.63, 3.8) is 0 Å². The molecule has 7 nitrogen and oxygen atoms in total. The van der Waals surface area contributed by atoms with E-state index in [1.165, 1.54) is 0 Å². The third-order valence-corrected chi connectivity index (χ3v) is 6.04. The first-order valence-electron chi connectivity index (χ1n) is 10.9. The Bertz CT molecular complexity index is 1280. The molecule has 1 saturated heterocycles. The molecule has 0 bridgehead atoms. The quantitative estimate of drug-likeness (QED) is 0.454. The lowest BCUT2D eigenvalue weighted by Crippen LogP contribution is -2.29. The van der Waals surface area contributed by atoms with E-state index in [0.717, 1.165) is 61.9 Å². The summed E-state index contributed by atoms with van der Waals surface area (Å²) in [5.41, 5.74) is 3.68. The number of aryl methyl sites for hydroxylation is 2. The Morgan fingerprint density at radius 2 is 1.87 bits per heavy atom. The summed E-state index contributed by atoms with van der Waals surface area (Å²) < 4.78 is 9.62. The standard InChI is InChI=1S/C23H27N5O2/c1-3-4-7-12-27-21-19(20-22(27)26-18-11-6-5-10-17(18)25-20)23(29)28(15(2)24-21)14-16-9-8-13-30-16/h5-6,10-11,16H,3-4,7-9,12-14H2,1-2H3. The normalized spacial score (nSPS) is 16.9. The van der Waals surface area contributed by atoms with Gasteiger partial charge in [0.1, 0.15) is 16.7 Å². The van der Waals surface area contributed by atoms with E-state index in [9.17, 15) is 4.79 Å². The van der Waals surface area contributed by atoms with Crippen molar-refractivity contribution >= 4 is 33.2 Å². The molecular formula is C23H27N5O2. The zero-order chi connectivity index (χ0) is 20.7. The zero-order valence-corrected chi connectivity index (χ0v) is 17.6. The predicted octanol–water partition coefficient (Wildman–Crippen LogP) is 3.97. The minimum absolute atomic E-state index is 0.0446. The van der Waals surface area contributed by atoms with Crippen LogP contribution in [-0.2, 0) is 17.8 Å². The number of aromatic nitrogens is 5. The fourth-order valence-corrected chi connectivity index (χ4v) is 4.44. The highest BCUT2D eigenvalue weighted by Crippen LogP contribution is 2.26. The number of nitrogens with zero attached hydrogens (tertiary/aromatic N) is 5. The molecule has 0 radical (unpaired) electrons. The number of fused-ring (bicyclic) bond motifs is 4. The number of para-hydroxylation sites is 2. The molecule has 0 spiro atoms. The molecule has 0 N–H and O–H groups in total. The van der Waals surface area contributed by atoms with Gasteiger partial charge >= 0.3 is 0 Å². The summed E-state index contributed by atoms with van der Waals surface area (Å²) in [6.07, 6.45) is 5.37. The van der Waals surface area contributed by atoms with Crippen LogP contribution in [0.3, 0.4) is 0 Å². The van der Waals surface area contributed by atoms with Gasteiger partial charge in [0.2, 0.25) is 0 Å². The molecule has 30 heavy (non-hydrogen) atoms. The second-order valence-corrected chi connectivity index (χ2v) is 8.15. The third-order valence-electron chi connectivity index (χ3n) is 6.04. The van der Waals surface area contributed by atoms with E-state index in [-0.39, 0.29) is 11.7 Å². The lowest BCUT2D eigenvalue weighted by Gasteiger charge is -2.14. The average Bonchev–Trinajstić information content (AvgIpc) is 3.36. The van der Waals surface area contributed by atoms with Gasteiger partial charge < -0.3 is 9.30 Å². The fourth-order valence-electron chi connectivity index (χ4n) is 4.44. The molecule has 1 atom stereocenters. The molecule has 1 aliphatic rings. The lowest BCUT2D eigenvalue weighted by atomic mass is 10.2. The van der Waals surface area contributed by atoms with Gasteiger partial charge in [-0.05, 0) is 38.3 Å². The van der Waals surface area contributed by atoms with Crippen LogP contribution in [0.1, 0.15) is 44.9 Å². The van der Waals surface area contributed by atoms with Gasteiger partial charge in [0, 0.05) is 13.2 Å². The van der Waals surface area contributed by atoms with Gasteiger partial charge in [-0.25, -0.2) is 15.0 Å². The Balaban J connectivity index is 1.77. The fraction of sp³-hybridized carbons (Fsp3) is 0.478. The molecule has 1 aromatic carbocycles. The van der Waals surface area contributed by atoms with E-state index in [2.05, 4.69) is 11.5 Å². The maximum atomic E-state index is 13.6. The molecule has 156 valence electrons. The van der Waals surface area contributed by atoms with E-state index in [0.29, 0.717) is 28.9 Å². The Kier molecular flexibility index (Phi) is 4.98. The molecule has 0 saturated carbocycles. The van der Waals surface area contributed by atoms with Crippen LogP contribution >= 0.6 is 0 Å². The van der Waals surface area contributed by atoms with E-state index in [1.54, 1.807) is 4.57 Å². The molecule has 5 rings (SSSR count). The number of unbranched alkanes of at least 4 members (excludes halogenated alkanes) is 2. The smallest absolute Gasteiger partial charge is 0.265 e. The van der Waals surface area contributed by atoms with Crippen molar-refractivity contribution in [2.24, 2.45) is 0 Å². The predicted molar refractivity (Wildman–Crippen MR) is 118 cm³/mol. The highest BCUT2D eigenvalue weighted by Gasteiger charge is 2.23. The molecule has 0 amide bonds. The highest BCUT2D eigenvalue weighted by atomic mass is 16.5. The molecule has 1 unspecified atom stereocenters. The first-order chi connectivity index (χ1) is 14.7. The summed E-state index contributed by atoms with van der Waals surface area (Å²) in [6, 6.07) is 7.81. The summed E-state index contributed by atoms with van der Waals surface area (Å²) >= 11 is 0. The highest BCUT2D eigenvalue weighted by molar-refractivity contribution is 6.04. The minimum Gasteiger partial charge on any atom is -0.376 e. The van der Waals surface area contributed by atoms with E-state index >= 15 is 0 Å². The molecule has 4 heterocycles. The Morgan fingerprint density at radius 1 is 1.07 bits per heavy atom. The van der Waals surface area contributed by atoms with Gasteiger partial charge in [-0.15, -0.1) is 0 Å². The van der Waals surface area contributed by atoms with Crippen LogP contribution in [-0.4, -0.2) is 36.8 Å². The average molecular weight is 406 g/mol. The molecule has 3 aromatic heterocycles. The minimum atomic E-state index is -0.0446. The maximum Gasteiger partial charge on any atom is 0.265 e. The Hall–Kier alpha value is -2.80. The Morgan fingerprint density at radius 3 is 2.60 bits per heavy atom. The van der Waals surface area contributed by atoms with Gasteiger partial charge in [0.05, 0.1) is 23.7 Å². The molecule has 1 aliphatic heterocycles. The van der Waals surface area contributed by atoms with Crippen molar-refractivity contribution in [3.8, 4) is 0 Å². The summed E-state index contributed by atoms with van der Waals surface area (Å²) in [7, 11) is 0. The van der Waals surface area contributed by atoms with Crippen molar-refractivity contribution in [1.29, 1.82) is 0 Å². The SMILES string of the molecule is CCCCCn1c2nc3ccccc3nc2c2c(=O)n(CC3CCCO3)c(C)nc21. The first kappa shape index (κ1) is 19.2. The molecule has 1 fully saturated rings. The number of ether oxygens (including phenoxy) is 1. The van der Waals surface area contributed by atoms with Crippen molar-refractivity contribution in [1.82, 2.24) is 24.1 Å². The summed E-state index contributed by atoms with van der Waals surface area (Å²) in [5.74, 6) is 0.715. The number of hydrogen-bond acceptors (Lipinski definition) is 5. The molecule has 4 aromatic rings. The van der Waals surface area contributed by atoms with Crippen LogP contribution < -0.4 is 5.56 Å². The van der Waals surface area contributed by atoms with Gasteiger partial charge in [-0.1, -0.05) is 31.9 Å². The molecule has 0 aliphatic carbocycles. The van der Waals surface area contributed by atoms with Crippen LogP contribution in [0.4, 0.5) is 0 Å². The zero-order valence-electron chi connectivity index (χ0n) is 17.6. The molecule has 7 heteroatoms. The van der Waals surface area contributed by atoms with Gasteiger partial charge in [0.15, 0.2) is 11.3 Å². The van der Waals surface area contributed by atoms with Gasteiger partial charge in [-0.3, -0.25) is 9.36 Å². The van der Waals surface area contributed by atoms with Crippen molar-refractivity contribution in [3.05, 3.63) is 40.4 Å². The van der Waals surface area contributed by atoms with Crippen molar-refractivity contribution in [2.75, 3.05) is 6.61 Å². The summed E-state index contributed by atoms with van der Waals surface area (Å²) in [4.78, 5) is 28.2. The number of hydrogen-bond donors (Lipinski definition) is 0. The van der Waals surface area contributed by atoms with E-state index < -0.39 is 0 Å². The summed E-state index contributed by atoms with van der Waals surface area (Å²) in [5, 5.41) is 0.573. The third kappa shape index (κ3) is 3.17. The number of rotatable bonds is 6. The number of benzene rings is 1. The van der Waals surface area contributed by atoms with Crippen LogP contribution in [0.15, 0.2) is 29.1 Å². The van der Waals surface area contributed by atoms with E-state index in [1.807, 2.05) is 31.2 Å². The molecular weight excluding hydrogens is 378 g/mol. The second-order valence-electron chi connectivity index (χ2n) is 8.15.